The van der Waals surface area contributed by atoms with Crippen LogP contribution >= 0.6 is 0 Å². The van der Waals surface area contributed by atoms with Crippen molar-refractivity contribution in [2.24, 2.45) is 0 Å². The Bertz CT molecular complexity index is 467. The molecule has 110 valence electrons. The molecule has 4 nitrogen and oxygen atoms in total. The van der Waals surface area contributed by atoms with Gasteiger partial charge in [0.25, 0.3) is 5.91 Å². The maximum Gasteiger partial charge on any atom is 0.387 e. The summed E-state index contributed by atoms with van der Waals surface area (Å²) >= 11 is 0. The Morgan fingerprint density at radius 1 is 1.55 bits per heavy atom. The van der Waals surface area contributed by atoms with E-state index in [0.717, 1.165) is 6.42 Å². The summed E-state index contributed by atoms with van der Waals surface area (Å²) in [6.45, 7) is 0.602. The Morgan fingerprint density at radius 3 is 3.05 bits per heavy atom. The summed E-state index contributed by atoms with van der Waals surface area (Å²) < 4.78 is 34.0. The predicted octanol–water partition coefficient (Wildman–Crippen LogP) is 2.54. The van der Waals surface area contributed by atoms with E-state index in [9.17, 15) is 13.6 Å². The molecule has 1 fully saturated rings. The molecule has 1 aliphatic heterocycles. The van der Waals surface area contributed by atoms with Gasteiger partial charge in [0.2, 0.25) is 0 Å². The second-order valence-corrected chi connectivity index (χ2v) is 4.54. The van der Waals surface area contributed by atoms with Crippen molar-refractivity contribution in [2.45, 2.75) is 26.0 Å². The molecule has 0 spiro atoms. The second-order valence-electron chi connectivity index (χ2n) is 4.54. The fourth-order valence-electron chi connectivity index (χ4n) is 2.23. The van der Waals surface area contributed by atoms with Crippen LogP contribution in [0.3, 0.4) is 0 Å². The molecule has 0 aromatic heterocycles. The number of rotatable bonds is 4. The number of morpholine rings is 1. The monoisotopic (exact) mass is 285 g/mol. The number of amides is 1. The normalized spacial score (nSPS) is 19.2. The molecule has 6 heteroatoms. The van der Waals surface area contributed by atoms with Crippen LogP contribution in [-0.4, -0.2) is 43.2 Å². The van der Waals surface area contributed by atoms with Gasteiger partial charge in [-0.05, 0) is 24.6 Å². The molecular formula is C14H17F2NO3. The van der Waals surface area contributed by atoms with E-state index in [2.05, 4.69) is 4.74 Å². The minimum Gasteiger partial charge on any atom is -0.435 e. The van der Waals surface area contributed by atoms with Crippen molar-refractivity contribution in [1.82, 2.24) is 4.90 Å². The third-order valence-electron chi connectivity index (χ3n) is 3.27. The average Bonchev–Trinajstić information content (AvgIpc) is 2.46. The van der Waals surface area contributed by atoms with Crippen molar-refractivity contribution in [3.63, 3.8) is 0 Å². The van der Waals surface area contributed by atoms with Crippen LogP contribution in [0.5, 0.6) is 5.75 Å². The van der Waals surface area contributed by atoms with Crippen molar-refractivity contribution < 1.29 is 23.0 Å². The molecule has 0 bridgehead atoms. The Balaban J connectivity index is 2.15. The first-order valence-corrected chi connectivity index (χ1v) is 6.55. The molecule has 2 rings (SSSR count). The molecule has 1 saturated heterocycles. The third kappa shape index (κ3) is 3.45. The highest BCUT2D eigenvalue weighted by Gasteiger charge is 2.26. The zero-order valence-electron chi connectivity index (χ0n) is 11.2. The van der Waals surface area contributed by atoms with E-state index >= 15 is 0 Å². The Hall–Kier alpha value is -1.69. The van der Waals surface area contributed by atoms with Crippen LogP contribution in [0, 0.1) is 0 Å². The highest BCUT2D eigenvalue weighted by Crippen LogP contribution is 2.20. The molecule has 1 atom stereocenters. The molecule has 1 amide bonds. The lowest BCUT2D eigenvalue weighted by molar-refractivity contribution is -0.0499. The molecule has 0 radical (unpaired) electrons. The van der Waals surface area contributed by atoms with Crippen molar-refractivity contribution in [2.75, 3.05) is 19.8 Å². The van der Waals surface area contributed by atoms with Crippen LogP contribution in [0.25, 0.3) is 0 Å². The molecule has 0 aliphatic carbocycles. The van der Waals surface area contributed by atoms with Crippen LogP contribution < -0.4 is 4.74 Å². The zero-order chi connectivity index (χ0) is 14.5. The van der Waals surface area contributed by atoms with Gasteiger partial charge >= 0.3 is 6.61 Å². The van der Waals surface area contributed by atoms with E-state index in [0.29, 0.717) is 25.3 Å². The number of alkyl halides is 2. The number of carbonyl (C=O) groups is 1. The smallest absolute Gasteiger partial charge is 0.387 e. The lowest BCUT2D eigenvalue weighted by Gasteiger charge is -2.35. The van der Waals surface area contributed by atoms with Crippen LogP contribution in [0.1, 0.15) is 23.7 Å². The van der Waals surface area contributed by atoms with Gasteiger partial charge in [0.15, 0.2) is 0 Å². The summed E-state index contributed by atoms with van der Waals surface area (Å²) in [5, 5.41) is 0. The first-order chi connectivity index (χ1) is 9.61. The summed E-state index contributed by atoms with van der Waals surface area (Å²) in [4.78, 5) is 14.2. The van der Waals surface area contributed by atoms with Gasteiger partial charge in [-0.2, -0.15) is 8.78 Å². The zero-order valence-corrected chi connectivity index (χ0v) is 11.2. The molecular weight excluding hydrogens is 268 g/mol. The van der Waals surface area contributed by atoms with Crippen LogP contribution in [0.4, 0.5) is 8.78 Å². The maximum atomic E-state index is 12.4. The molecule has 1 aliphatic rings. The van der Waals surface area contributed by atoms with Gasteiger partial charge in [0, 0.05) is 12.1 Å². The second kappa shape index (κ2) is 6.65. The van der Waals surface area contributed by atoms with E-state index in [4.69, 9.17) is 4.74 Å². The van der Waals surface area contributed by atoms with Gasteiger partial charge in [-0.1, -0.05) is 13.0 Å². The molecule has 20 heavy (non-hydrogen) atoms. The summed E-state index contributed by atoms with van der Waals surface area (Å²) in [5.74, 6) is -0.188. The summed E-state index contributed by atoms with van der Waals surface area (Å²) in [6, 6.07) is 5.90. The number of hydrogen-bond donors (Lipinski definition) is 0. The van der Waals surface area contributed by atoms with Gasteiger partial charge in [0.1, 0.15) is 5.75 Å². The highest BCUT2D eigenvalue weighted by molar-refractivity contribution is 5.94. The predicted molar refractivity (Wildman–Crippen MR) is 69.0 cm³/mol. The minimum absolute atomic E-state index is 0.00726. The van der Waals surface area contributed by atoms with Crippen molar-refractivity contribution in [1.29, 1.82) is 0 Å². The number of benzene rings is 1. The van der Waals surface area contributed by atoms with E-state index in [-0.39, 0.29) is 17.7 Å². The van der Waals surface area contributed by atoms with Crippen LogP contribution in [-0.2, 0) is 4.74 Å². The fourth-order valence-corrected chi connectivity index (χ4v) is 2.23. The Labute approximate surface area is 116 Å². The van der Waals surface area contributed by atoms with Gasteiger partial charge in [-0.25, -0.2) is 0 Å². The number of halogens is 2. The van der Waals surface area contributed by atoms with Gasteiger partial charge < -0.3 is 14.4 Å². The van der Waals surface area contributed by atoms with E-state index in [1.165, 1.54) is 18.2 Å². The van der Waals surface area contributed by atoms with Gasteiger partial charge in [-0.3, -0.25) is 4.79 Å². The highest BCUT2D eigenvalue weighted by atomic mass is 19.3. The molecule has 1 aromatic rings. The number of nitrogens with zero attached hydrogens (tertiary/aromatic N) is 1. The van der Waals surface area contributed by atoms with Crippen molar-refractivity contribution in [3.05, 3.63) is 29.8 Å². The third-order valence-corrected chi connectivity index (χ3v) is 3.27. The number of carbonyl (C=O) groups excluding carboxylic acids is 1. The molecule has 0 saturated carbocycles. The fraction of sp³-hybridized carbons (Fsp3) is 0.500. The van der Waals surface area contributed by atoms with Crippen LogP contribution in [0.2, 0.25) is 0 Å². The summed E-state index contributed by atoms with van der Waals surface area (Å²) in [6.07, 6.45) is 0.791. The lowest BCUT2D eigenvalue weighted by Crippen LogP contribution is -2.48. The van der Waals surface area contributed by atoms with E-state index < -0.39 is 6.61 Å². The van der Waals surface area contributed by atoms with Crippen molar-refractivity contribution >= 4 is 5.91 Å². The first-order valence-electron chi connectivity index (χ1n) is 6.55. The SMILES string of the molecule is CCC1COCCN1C(=O)c1cccc(OC(F)F)c1. The summed E-state index contributed by atoms with van der Waals surface area (Å²) in [5.41, 5.74) is 0.350. The minimum atomic E-state index is -2.90. The molecule has 1 unspecified atom stereocenters. The average molecular weight is 285 g/mol. The first kappa shape index (κ1) is 14.7. The van der Waals surface area contributed by atoms with E-state index in [1.54, 1.807) is 11.0 Å². The Morgan fingerprint density at radius 2 is 2.35 bits per heavy atom. The van der Waals surface area contributed by atoms with Gasteiger partial charge in [0.05, 0.1) is 19.3 Å². The standard InChI is InChI=1S/C14H17F2NO3/c1-2-11-9-19-7-6-17(11)13(18)10-4-3-5-12(8-10)20-14(15)16/h3-5,8,11,14H,2,6-7,9H2,1H3. The summed E-state index contributed by atoms with van der Waals surface area (Å²) in [7, 11) is 0. The maximum absolute atomic E-state index is 12.4. The Kier molecular flexibility index (Phi) is 4.89. The molecule has 1 aromatic carbocycles. The molecule has 0 N–H and O–H groups in total. The topological polar surface area (TPSA) is 38.8 Å². The van der Waals surface area contributed by atoms with Crippen molar-refractivity contribution in [3.8, 4) is 5.75 Å². The quantitative estimate of drug-likeness (QED) is 0.853. The molecule has 1 heterocycles. The van der Waals surface area contributed by atoms with Crippen LogP contribution in [0.15, 0.2) is 24.3 Å². The van der Waals surface area contributed by atoms with Gasteiger partial charge in [-0.15, -0.1) is 0 Å². The largest absolute Gasteiger partial charge is 0.435 e. The van der Waals surface area contributed by atoms with E-state index in [1.807, 2.05) is 6.92 Å². The number of ether oxygens (including phenoxy) is 2. The lowest BCUT2D eigenvalue weighted by atomic mass is 10.1. The number of hydrogen-bond acceptors (Lipinski definition) is 3.